The Balaban J connectivity index is 1.90. The summed E-state index contributed by atoms with van der Waals surface area (Å²) in [4.78, 5) is 32.0. The number of nitrogens with zero attached hydrogens (tertiary/aromatic N) is 6. The van der Waals surface area contributed by atoms with Crippen molar-refractivity contribution in [3.05, 3.63) is 66.4 Å². The van der Waals surface area contributed by atoms with Crippen LogP contribution in [0.4, 0.5) is 11.4 Å². The van der Waals surface area contributed by atoms with Crippen LogP contribution in [0.1, 0.15) is 27.8 Å². The second-order valence-electron chi connectivity index (χ2n) is 6.51. The second-order valence-corrected chi connectivity index (χ2v) is 6.51. The fourth-order valence-corrected chi connectivity index (χ4v) is 3.28. The van der Waals surface area contributed by atoms with Crippen LogP contribution < -0.4 is 9.64 Å². The van der Waals surface area contributed by atoms with E-state index in [9.17, 15) is 9.59 Å². The van der Waals surface area contributed by atoms with Crippen LogP contribution >= 0.6 is 0 Å². The summed E-state index contributed by atoms with van der Waals surface area (Å²) in [5.74, 6) is -0.611. The molecule has 1 aromatic carbocycles. The van der Waals surface area contributed by atoms with E-state index in [2.05, 4.69) is 15.2 Å². The van der Waals surface area contributed by atoms with Crippen LogP contribution in [0.3, 0.4) is 0 Å². The molecule has 0 aliphatic rings. The van der Waals surface area contributed by atoms with Gasteiger partial charge in [-0.15, -0.1) is 0 Å². The first-order valence-electron chi connectivity index (χ1n) is 9.51. The molecule has 0 radical (unpaired) electrons. The van der Waals surface area contributed by atoms with E-state index in [1.54, 1.807) is 61.1 Å². The minimum absolute atomic E-state index is 0.0813. The third kappa shape index (κ3) is 3.59. The first-order valence-corrected chi connectivity index (χ1v) is 9.51. The molecule has 3 aromatic heterocycles. The number of anilines is 2. The summed E-state index contributed by atoms with van der Waals surface area (Å²) in [6.45, 7) is 1.88. The summed E-state index contributed by atoms with van der Waals surface area (Å²) in [7, 11) is 3.12. The Labute approximate surface area is 177 Å². The smallest absolute Gasteiger partial charge is 0.342 e. The van der Waals surface area contributed by atoms with Gasteiger partial charge in [0.2, 0.25) is 0 Å². The second kappa shape index (κ2) is 8.27. The predicted octanol–water partition coefficient (Wildman–Crippen LogP) is 2.63. The number of benzene rings is 1. The highest BCUT2D eigenvalue weighted by Crippen LogP contribution is 2.35. The van der Waals surface area contributed by atoms with Crippen LogP contribution in [-0.2, 0) is 11.8 Å². The molecule has 1 amide bonds. The average molecular weight is 420 g/mol. The Morgan fingerprint density at radius 1 is 1.16 bits per heavy atom. The van der Waals surface area contributed by atoms with E-state index in [4.69, 9.17) is 9.47 Å². The van der Waals surface area contributed by atoms with E-state index in [1.807, 2.05) is 0 Å². The van der Waals surface area contributed by atoms with E-state index in [0.29, 0.717) is 22.8 Å². The fraction of sp³-hybridized carbons (Fsp3) is 0.190. The van der Waals surface area contributed by atoms with Crippen molar-refractivity contribution < 1.29 is 19.1 Å². The van der Waals surface area contributed by atoms with Crippen molar-refractivity contribution in [1.82, 2.24) is 24.4 Å². The quantitative estimate of drug-likeness (QED) is 0.442. The highest BCUT2D eigenvalue weighted by atomic mass is 16.5. The molecule has 10 heteroatoms. The Morgan fingerprint density at radius 3 is 2.74 bits per heavy atom. The van der Waals surface area contributed by atoms with Crippen LogP contribution in [0, 0.1) is 0 Å². The molecular formula is C21H20N6O4. The third-order valence-corrected chi connectivity index (χ3v) is 4.69. The lowest BCUT2D eigenvalue weighted by Crippen LogP contribution is -2.30. The SMILES string of the molecule is CCOC(=O)c1cnn(C)c1C(=O)N(c1ccn2ncnc2c1)c1ccccc1OC. The largest absolute Gasteiger partial charge is 0.495 e. The maximum atomic E-state index is 13.9. The molecule has 4 rings (SSSR count). The molecular weight excluding hydrogens is 400 g/mol. The number of amides is 1. The molecule has 0 aliphatic heterocycles. The van der Waals surface area contributed by atoms with Gasteiger partial charge in [-0.1, -0.05) is 12.1 Å². The highest BCUT2D eigenvalue weighted by molar-refractivity contribution is 6.15. The van der Waals surface area contributed by atoms with Crippen molar-refractivity contribution in [2.45, 2.75) is 6.92 Å². The Kier molecular flexibility index (Phi) is 5.35. The van der Waals surface area contributed by atoms with Crippen molar-refractivity contribution in [2.75, 3.05) is 18.6 Å². The average Bonchev–Trinajstić information content (AvgIpc) is 3.40. The zero-order valence-corrected chi connectivity index (χ0v) is 17.2. The van der Waals surface area contributed by atoms with Gasteiger partial charge in [0.05, 0.1) is 31.3 Å². The van der Waals surface area contributed by atoms with Crippen molar-refractivity contribution in [1.29, 1.82) is 0 Å². The number of aromatic nitrogens is 5. The number of hydrogen-bond donors (Lipinski definition) is 0. The van der Waals surface area contributed by atoms with Crippen molar-refractivity contribution >= 4 is 28.9 Å². The Hall–Kier alpha value is -4.21. The monoisotopic (exact) mass is 420 g/mol. The van der Waals surface area contributed by atoms with E-state index < -0.39 is 11.9 Å². The number of fused-ring (bicyclic) bond motifs is 1. The number of carbonyl (C=O) groups excluding carboxylic acids is 2. The lowest BCUT2D eigenvalue weighted by molar-refractivity contribution is 0.0523. The first-order chi connectivity index (χ1) is 15.0. The molecule has 31 heavy (non-hydrogen) atoms. The molecule has 0 N–H and O–H groups in total. The van der Waals surface area contributed by atoms with Gasteiger partial charge in [0.1, 0.15) is 23.3 Å². The van der Waals surface area contributed by atoms with Crippen LogP contribution in [0.15, 0.2) is 55.1 Å². The molecule has 0 saturated heterocycles. The number of ether oxygens (including phenoxy) is 2. The molecule has 3 heterocycles. The van der Waals surface area contributed by atoms with Gasteiger partial charge in [-0.2, -0.15) is 10.2 Å². The summed E-state index contributed by atoms with van der Waals surface area (Å²) >= 11 is 0. The molecule has 0 spiro atoms. The summed E-state index contributed by atoms with van der Waals surface area (Å²) in [6.07, 6.45) is 4.45. The van der Waals surface area contributed by atoms with Crippen LogP contribution in [-0.4, -0.2) is 50.0 Å². The molecule has 0 unspecified atom stereocenters. The van der Waals surface area contributed by atoms with Gasteiger partial charge in [0.15, 0.2) is 5.65 Å². The normalized spacial score (nSPS) is 10.8. The minimum Gasteiger partial charge on any atom is -0.495 e. The summed E-state index contributed by atoms with van der Waals surface area (Å²) in [5, 5.41) is 8.20. The Morgan fingerprint density at radius 2 is 1.97 bits per heavy atom. The molecule has 0 bridgehead atoms. The van der Waals surface area contributed by atoms with Gasteiger partial charge in [-0.05, 0) is 25.1 Å². The van der Waals surface area contributed by atoms with Crippen LogP contribution in [0.2, 0.25) is 0 Å². The van der Waals surface area contributed by atoms with Crippen molar-refractivity contribution in [3.8, 4) is 5.75 Å². The van der Waals surface area contributed by atoms with Crippen LogP contribution in [0.25, 0.3) is 5.65 Å². The number of aryl methyl sites for hydroxylation is 1. The molecule has 0 aliphatic carbocycles. The molecule has 10 nitrogen and oxygen atoms in total. The van der Waals surface area contributed by atoms with E-state index in [1.165, 1.54) is 29.2 Å². The zero-order valence-electron chi connectivity index (χ0n) is 17.2. The molecule has 0 saturated carbocycles. The Bertz CT molecular complexity index is 1260. The fourth-order valence-electron chi connectivity index (χ4n) is 3.28. The van der Waals surface area contributed by atoms with Gasteiger partial charge in [-0.3, -0.25) is 14.4 Å². The first kappa shape index (κ1) is 20.1. The number of pyridine rings is 1. The van der Waals surface area contributed by atoms with Crippen molar-refractivity contribution in [3.63, 3.8) is 0 Å². The van der Waals surface area contributed by atoms with Crippen molar-refractivity contribution in [2.24, 2.45) is 7.05 Å². The highest BCUT2D eigenvalue weighted by Gasteiger charge is 2.30. The number of esters is 1. The van der Waals surface area contributed by atoms with Gasteiger partial charge >= 0.3 is 5.97 Å². The number of para-hydroxylation sites is 2. The molecule has 158 valence electrons. The lowest BCUT2D eigenvalue weighted by atomic mass is 10.1. The predicted molar refractivity (Wildman–Crippen MR) is 112 cm³/mol. The number of hydrogen-bond acceptors (Lipinski definition) is 7. The number of methoxy groups -OCH3 is 1. The molecule has 4 aromatic rings. The van der Waals surface area contributed by atoms with Gasteiger partial charge in [-0.25, -0.2) is 14.3 Å². The zero-order chi connectivity index (χ0) is 22.0. The van der Waals surface area contributed by atoms with Gasteiger partial charge in [0, 0.05) is 19.3 Å². The standard InChI is InChI=1S/C21H20N6O4/c1-4-31-21(29)15-12-23-25(2)19(15)20(28)27(16-7-5-6-8-17(16)30-3)14-9-10-26-18(11-14)22-13-24-26/h5-13H,4H2,1-3H3. The third-order valence-electron chi connectivity index (χ3n) is 4.69. The summed E-state index contributed by atoms with van der Waals surface area (Å²) < 4.78 is 13.5. The van der Waals surface area contributed by atoms with E-state index in [0.717, 1.165) is 0 Å². The van der Waals surface area contributed by atoms with Gasteiger partial charge < -0.3 is 9.47 Å². The minimum atomic E-state index is -0.619. The van der Waals surface area contributed by atoms with Gasteiger partial charge in [0.25, 0.3) is 5.91 Å². The number of rotatable bonds is 6. The topological polar surface area (TPSA) is 104 Å². The molecule has 0 atom stereocenters. The maximum Gasteiger partial charge on any atom is 0.342 e. The van der Waals surface area contributed by atoms with E-state index in [-0.39, 0.29) is 17.9 Å². The lowest BCUT2D eigenvalue weighted by Gasteiger charge is -2.25. The summed E-state index contributed by atoms with van der Waals surface area (Å²) in [6, 6.07) is 10.6. The maximum absolute atomic E-state index is 13.9. The number of carbonyl (C=O) groups is 2. The van der Waals surface area contributed by atoms with E-state index >= 15 is 0 Å². The summed E-state index contributed by atoms with van der Waals surface area (Å²) in [5.41, 5.74) is 1.74. The van der Waals surface area contributed by atoms with Crippen LogP contribution in [0.5, 0.6) is 5.75 Å². The molecule has 0 fully saturated rings.